The average molecular weight is 339 g/mol. The zero-order valence-corrected chi connectivity index (χ0v) is 15.9. The van der Waals surface area contributed by atoms with E-state index in [4.69, 9.17) is 4.74 Å². The minimum absolute atomic E-state index is 0. The quantitative estimate of drug-likeness (QED) is 0.519. The monoisotopic (exact) mass is 338 g/mol. The van der Waals surface area contributed by atoms with Crippen molar-refractivity contribution in [1.82, 2.24) is 0 Å². The second-order valence-electron chi connectivity index (χ2n) is 8.97. The fourth-order valence-electron chi connectivity index (χ4n) is 1.64. The van der Waals surface area contributed by atoms with Gasteiger partial charge in [0, 0.05) is 0 Å². The van der Waals surface area contributed by atoms with Crippen LogP contribution in [0.5, 0.6) is 0 Å². The maximum atomic E-state index is 11.3. The maximum Gasteiger partial charge on any atom is 0.311 e. The number of carbonyl (C=O) groups is 1. The van der Waals surface area contributed by atoms with E-state index in [2.05, 4.69) is 51.1 Å². The Morgan fingerprint density at radius 2 is 1.25 bits per heavy atom. The van der Waals surface area contributed by atoms with Crippen molar-refractivity contribution in [1.29, 1.82) is 0 Å². The van der Waals surface area contributed by atoms with Crippen molar-refractivity contribution < 1.29 is 9.53 Å². The van der Waals surface area contributed by atoms with Gasteiger partial charge < -0.3 is 4.74 Å². The summed E-state index contributed by atoms with van der Waals surface area (Å²) in [6, 6.07) is 10.6. The molecule has 0 aliphatic heterocycles. The largest absolute Gasteiger partial charge is 0.460 e. The molecule has 142 valence electrons. The van der Waals surface area contributed by atoms with Crippen LogP contribution in [0.4, 0.5) is 0 Å². The summed E-state index contributed by atoms with van der Waals surface area (Å²) in [7, 11) is 0. The first-order chi connectivity index (χ1) is 9.71. The van der Waals surface area contributed by atoms with Crippen LogP contribution in [0.3, 0.4) is 0 Å². The van der Waals surface area contributed by atoms with Gasteiger partial charge in [0.1, 0.15) is 5.60 Å². The molecule has 0 amide bonds. The molecule has 0 radical (unpaired) electrons. The molecule has 0 fully saturated rings. The number of ether oxygens (including phenoxy) is 1. The predicted molar refractivity (Wildman–Crippen MR) is 108 cm³/mol. The molecule has 0 saturated heterocycles. The van der Waals surface area contributed by atoms with E-state index in [-0.39, 0.29) is 26.4 Å². The molecule has 0 atom stereocenters. The second-order valence-corrected chi connectivity index (χ2v) is 8.97. The lowest BCUT2D eigenvalue weighted by atomic mass is 9.88. The Bertz CT molecular complexity index is 440. The number of hydrogen-bond donors (Lipinski definition) is 0. The summed E-state index contributed by atoms with van der Waals surface area (Å²) in [6.07, 6.45) is 1.16. The fourth-order valence-corrected chi connectivity index (χ4v) is 1.64. The Morgan fingerprint density at radius 1 is 0.833 bits per heavy atom. The highest BCUT2D eigenvalue weighted by atomic mass is 16.6. The molecule has 0 heterocycles. The van der Waals surface area contributed by atoms with E-state index < -0.39 is 5.41 Å². The summed E-state index contributed by atoms with van der Waals surface area (Å²) in [5.41, 5.74) is 1.07. The number of carbonyl (C=O) groups excluding carboxylic acids is 1. The SMILES string of the molecule is C.C.CC(C)(C)Cc1ccccc1.CC(C)(C)OC(=O)C(C)(C)C. The Kier molecular flexibility index (Phi) is 12.1. The first kappa shape index (κ1) is 27.5. The molecular formula is C22H42O2. The third-order valence-corrected chi connectivity index (χ3v) is 2.59. The zero-order chi connectivity index (χ0) is 17.6. The lowest BCUT2D eigenvalue weighted by Gasteiger charge is -2.25. The highest BCUT2D eigenvalue weighted by Gasteiger charge is 2.27. The van der Waals surface area contributed by atoms with Gasteiger partial charge in [-0.05, 0) is 58.9 Å². The van der Waals surface area contributed by atoms with Crippen molar-refractivity contribution in [3.63, 3.8) is 0 Å². The highest BCUT2D eigenvalue weighted by Crippen LogP contribution is 2.20. The van der Waals surface area contributed by atoms with Crippen molar-refractivity contribution in [2.45, 2.75) is 89.2 Å². The molecule has 0 bridgehead atoms. The molecular weight excluding hydrogens is 296 g/mol. The minimum atomic E-state index is -0.396. The van der Waals surface area contributed by atoms with E-state index >= 15 is 0 Å². The molecule has 2 nitrogen and oxygen atoms in total. The van der Waals surface area contributed by atoms with E-state index in [0.29, 0.717) is 5.41 Å². The molecule has 1 aromatic carbocycles. The molecule has 0 aromatic heterocycles. The number of benzene rings is 1. The molecule has 1 rings (SSSR count). The first-order valence-corrected chi connectivity index (χ1v) is 7.98. The van der Waals surface area contributed by atoms with Gasteiger partial charge in [-0.1, -0.05) is 66.0 Å². The molecule has 0 N–H and O–H groups in total. The van der Waals surface area contributed by atoms with E-state index in [9.17, 15) is 4.79 Å². The van der Waals surface area contributed by atoms with Gasteiger partial charge in [-0.15, -0.1) is 0 Å². The van der Waals surface area contributed by atoms with Crippen LogP contribution in [0.2, 0.25) is 0 Å². The maximum absolute atomic E-state index is 11.3. The van der Waals surface area contributed by atoms with Gasteiger partial charge >= 0.3 is 5.97 Å². The normalized spacial score (nSPS) is 11.2. The third-order valence-electron chi connectivity index (χ3n) is 2.59. The minimum Gasteiger partial charge on any atom is -0.460 e. The van der Waals surface area contributed by atoms with Crippen LogP contribution in [-0.4, -0.2) is 11.6 Å². The summed E-state index contributed by atoms with van der Waals surface area (Å²) in [5, 5.41) is 0. The Balaban J connectivity index is -0.000000339. The first-order valence-electron chi connectivity index (χ1n) is 7.98. The van der Waals surface area contributed by atoms with Gasteiger partial charge in [-0.25, -0.2) is 0 Å². The molecule has 0 aliphatic carbocycles. The Hall–Kier alpha value is -1.31. The van der Waals surface area contributed by atoms with E-state index in [1.165, 1.54) is 5.56 Å². The van der Waals surface area contributed by atoms with Gasteiger partial charge in [0.25, 0.3) is 0 Å². The van der Waals surface area contributed by atoms with Crippen LogP contribution in [0.25, 0.3) is 0 Å². The summed E-state index contributed by atoms with van der Waals surface area (Å²) >= 11 is 0. The Morgan fingerprint density at radius 3 is 1.50 bits per heavy atom. The smallest absolute Gasteiger partial charge is 0.311 e. The lowest BCUT2D eigenvalue weighted by molar-refractivity contribution is -0.164. The highest BCUT2D eigenvalue weighted by molar-refractivity contribution is 5.75. The molecule has 2 heteroatoms. The van der Waals surface area contributed by atoms with Crippen LogP contribution >= 0.6 is 0 Å². The molecule has 0 saturated carbocycles. The third kappa shape index (κ3) is 15.6. The molecule has 1 aromatic rings. The number of hydrogen-bond acceptors (Lipinski definition) is 2. The fraction of sp³-hybridized carbons (Fsp3) is 0.682. The summed E-state index contributed by atoms with van der Waals surface area (Å²) in [6.45, 7) is 18.0. The van der Waals surface area contributed by atoms with Gasteiger partial charge in [-0.3, -0.25) is 4.79 Å². The predicted octanol–water partition coefficient (Wildman–Crippen LogP) is 6.92. The Labute approximate surface area is 152 Å². The topological polar surface area (TPSA) is 26.3 Å². The second kappa shape index (κ2) is 10.5. The van der Waals surface area contributed by atoms with Crippen molar-refractivity contribution >= 4 is 5.97 Å². The van der Waals surface area contributed by atoms with Crippen molar-refractivity contribution in [3.05, 3.63) is 35.9 Å². The van der Waals surface area contributed by atoms with E-state index in [0.717, 1.165) is 6.42 Å². The van der Waals surface area contributed by atoms with Crippen LogP contribution in [0.1, 0.15) is 82.7 Å². The summed E-state index contributed by atoms with van der Waals surface area (Å²) in [4.78, 5) is 11.3. The van der Waals surface area contributed by atoms with E-state index in [1.807, 2.05) is 41.5 Å². The standard InChI is InChI=1S/C11H16.C9H18O2.2CH4/c1-11(2,3)9-10-7-5-4-6-8-10;1-8(2,3)7(10)11-9(4,5)6;;/h4-8H,9H2,1-3H3;1-6H3;2*1H4. The van der Waals surface area contributed by atoms with Gasteiger partial charge in [0.15, 0.2) is 0 Å². The van der Waals surface area contributed by atoms with Crippen LogP contribution in [-0.2, 0) is 16.0 Å². The van der Waals surface area contributed by atoms with Gasteiger partial charge in [0.2, 0.25) is 0 Å². The van der Waals surface area contributed by atoms with Crippen molar-refractivity contribution in [2.24, 2.45) is 10.8 Å². The van der Waals surface area contributed by atoms with Crippen LogP contribution < -0.4 is 0 Å². The number of rotatable bonds is 1. The zero-order valence-electron chi connectivity index (χ0n) is 15.9. The average Bonchev–Trinajstić information content (AvgIpc) is 2.25. The molecule has 0 spiro atoms. The van der Waals surface area contributed by atoms with E-state index in [1.54, 1.807) is 0 Å². The molecule has 24 heavy (non-hydrogen) atoms. The number of esters is 1. The van der Waals surface area contributed by atoms with Gasteiger partial charge in [0.05, 0.1) is 5.41 Å². The summed E-state index contributed by atoms with van der Waals surface area (Å²) < 4.78 is 5.16. The van der Waals surface area contributed by atoms with Crippen molar-refractivity contribution in [3.8, 4) is 0 Å². The van der Waals surface area contributed by atoms with Crippen LogP contribution in [0, 0.1) is 10.8 Å². The molecule has 0 unspecified atom stereocenters. The van der Waals surface area contributed by atoms with Gasteiger partial charge in [-0.2, -0.15) is 0 Å². The lowest BCUT2D eigenvalue weighted by Crippen LogP contribution is -2.31. The van der Waals surface area contributed by atoms with Crippen molar-refractivity contribution in [2.75, 3.05) is 0 Å². The van der Waals surface area contributed by atoms with Crippen LogP contribution in [0.15, 0.2) is 30.3 Å². The molecule has 0 aliphatic rings. The summed E-state index contributed by atoms with van der Waals surface area (Å²) in [5.74, 6) is -0.148.